The topological polar surface area (TPSA) is 35.5 Å². The Labute approximate surface area is 95.4 Å². The first-order chi connectivity index (χ1) is 7.70. The molecule has 3 heteroatoms. The van der Waals surface area contributed by atoms with Gasteiger partial charge in [0.05, 0.1) is 12.7 Å². The zero-order valence-electron chi connectivity index (χ0n) is 9.66. The Kier molecular flexibility index (Phi) is 3.13. The molecule has 0 saturated carbocycles. The summed E-state index contributed by atoms with van der Waals surface area (Å²) in [5, 5.41) is 0. The predicted molar refractivity (Wildman–Crippen MR) is 61.2 cm³/mol. The maximum Gasteiger partial charge on any atom is 0.124 e. The van der Waals surface area contributed by atoms with Gasteiger partial charge in [0.25, 0.3) is 0 Å². The molecule has 16 heavy (non-hydrogen) atoms. The van der Waals surface area contributed by atoms with Crippen molar-refractivity contribution < 1.29 is 14.3 Å². The van der Waals surface area contributed by atoms with E-state index in [9.17, 15) is 4.79 Å². The first-order valence-electron chi connectivity index (χ1n) is 5.59. The van der Waals surface area contributed by atoms with Gasteiger partial charge in [0, 0.05) is 24.0 Å². The number of hydrogen-bond donors (Lipinski definition) is 0. The highest BCUT2D eigenvalue weighted by molar-refractivity contribution is 5.60. The molecule has 0 atom stereocenters. The monoisotopic (exact) mass is 220 g/mol. The summed E-state index contributed by atoms with van der Waals surface area (Å²) >= 11 is 0. The maximum absolute atomic E-state index is 10.6. The summed E-state index contributed by atoms with van der Waals surface area (Å²) < 4.78 is 11.2. The van der Waals surface area contributed by atoms with Crippen molar-refractivity contribution in [1.29, 1.82) is 0 Å². The number of ether oxygens (including phenoxy) is 2. The minimum Gasteiger partial charge on any atom is -0.493 e. The van der Waals surface area contributed by atoms with Crippen molar-refractivity contribution in [3.8, 4) is 11.5 Å². The Morgan fingerprint density at radius 2 is 2.31 bits per heavy atom. The molecule has 0 spiro atoms. The molecule has 0 amide bonds. The molecule has 1 aromatic rings. The number of benzene rings is 1. The van der Waals surface area contributed by atoms with E-state index in [1.54, 1.807) is 0 Å². The fourth-order valence-corrected chi connectivity index (χ4v) is 1.86. The molecule has 0 bridgehead atoms. The molecule has 0 radical (unpaired) electrons. The highest BCUT2D eigenvalue weighted by atomic mass is 16.5. The molecule has 0 aromatic heterocycles. The number of carbonyl (C=O) groups excluding carboxylic acids is 1. The van der Waals surface area contributed by atoms with Crippen LogP contribution < -0.4 is 9.47 Å². The fourth-order valence-electron chi connectivity index (χ4n) is 1.86. The van der Waals surface area contributed by atoms with Crippen LogP contribution in [0.5, 0.6) is 11.5 Å². The summed E-state index contributed by atoms with van der Waals surface area (Å²) in [5.41, 5.74) is 2.08. The highest BCUT2D eigenvalue weighted by Gasteiger charge is 2.17. The van der Waals surface area contributed by atoms with Crippen molar-refractivity contribution in [1.82, 2.24) is 0 Å². The van der Waals surface area contributed by atoms with Crippen LogP contribution in [-0.2, 0) is 17.6 Å². The second-order valence-electron chi connectivity index (χ2n) is 4.20. The lowest BCUT2D eigenvalue weighted by Gasteiger charge is -2.14. The van der Waals surface area contributed by atoms with Gasteiger partial charge in [-0.2, -0.15) is 0 Å². The van der Waals surface area contributed by atoms with Crippen LogP contribution in [0.2, 0.25) is 0 Å². The van der Waals surface area contributed by atoms with Crippen LogP contribution in [0, 0.1) is 0 Å². The van der Waals surface area contributed by atoms with Crippen molar-refractivity contribution in [2.24, 2.45) is 0 Å². The van der Waals surface area contributed by atoms with Crippen molar-refractivity contribution in [3.63, 3.8) is 0 Å². The molecule has 1 aromatic carbocycles. The van der Waals surface area contributed by atoms with E-state index in [-0.39, 0.29) is 6.10 Å². The van der Waals surface area contributed by atoms with Gasteiger partial charge in [-0.25, -0.2) is 0 Å². The second-order valence-corrected chi connectivity index (χ2v) is 4.20. The average Bonchev–Trinajstić information content (AvgIpc) is 2.64. The third-order valence-electron chi connectivity index (χ3n) is 2.54. The van der Waals surface area contributed by atoms with Gasteiger partial charge >= 0.3 is 0 Å². The van der Waals surface area contributed by atoms with Crippen LogP contribution in [0.3, 0.4) is 0 Å². The van der Waals surface area contributed by atoms with Gasteiger partial charge in [-0.3, -0.25) is 0 Å². The van der Waals surface area contributed by atoms with E-state index in [4.69, 9.17) is 9.47 Å². The second kappa shape index (κ2) is 4.56. The van der Waals surface area contributed by atoms with E-state index in [1.165, 1.54) is 5.56 Å². The molecule has 1 aliphatic heterocycles. The molecule has 0 fully saturated rings. The largest absolute Gasteiger partial charge is 0.493 e. The standard InChI is InChI=1S/C13H16O3/c1-9(2)16-13-8-11-4-6-15-12(11)7-10(13)3-5-14/h5,7-9H,3-4,6H2,1-2H3. The quantitative estimate of drug-likeness (QED) is 0.729. The number of fused-ring (bicyclic) bond motifs is 1. The van der Waals surface area contributed by atoms with Gasteiger partial charge in [-0.05, 0) is 26.0 Å². The van der Waals surface area contributed by atoms with E-state index in [0.29, 0.717) is 6.42 Å². The minimum atomic E-state index is 0.116. The zero-order chi connectivity index (χ0) is 11.5. The first-order valence-corrected chi connectivity index (χ1v) is 5.59. The van der Waals surface area contributed by atoms with E-state index in [2.05, 4.69) is 0 Å². The van der Waals surface area contributed by atoms with E-state index in [0.717, 1.165) is 36.4 Å². The van der Waals surface area contributed by atoms with E-state index in [1.807, 2.05) is 26.0 Å². The molecule has 0 N–H and O–H groups in total. The molecule has 1 heterocycles. The minimum absolute atomic E-state index is 0.116. The summed E-state index contributed by atoms with van der Waals surface area (Å²) in [4.78, 5) is 10.6. The maximum atomic E-state index is 10.6. The lowest BCUT2D eigenvalue weighted by Crippen LogP contribution is -2.08. The molecule has 2 rings (SSSR count). The van der Waals surface area contributed by atoms with Crippen LogP contribution in [-0.4, -0.2) is 19.0 Å². The van der Waals surface area contributed by atoms with Gasteiger partial charge in [-0.15, -0.1) is 0 Å². The Bertz CT molecular complexity index is 396. The lowest BCUT2D eigenvalue weighted by molar-refractivity contribution is -0.107. The normalized spacial score (nSPS) is 13.4. The molecular formula is C13H16O3. The van der Waals surface area contributed by atoms with Gasteiger partial charge in [0.15, 0.2) is 0 Å². The Morgan fingerprint density at radius 1 is 1.50 bits per heavy atom. The van der Waals surface area contributed by atoms with Gasteiger partial charge in [0.1, 0.15) is 17.8 Å². The molecule has 86 valence electrons. The smallest absolute Gasteiger partial charge is 0.124 e. The van der Waals surface area contributed by atoms with Crippen LogP contribution in [0.15, 0.2) is 12.1 Å². The fraction of sp³-hybridized carbons (Fsp3) is 0.462. The van der Waals surface area contributed by atoms with E-state index < -0.39 is 0 Å². The van der Waals surface area contributed by atoms with Crippen molar-refractivity contribution in [2.75, 3.05) is 6.61 Å². The van der Waals surface area contributed by atoms with Crippen molar-refractivity contribution in [2.45, 2.75) is 32.8 Å². The van der Waals surface area contributed by atoms with Gasteiger partial charge in [-0.1, -0.05) is 0 Å². The summed E-state index contributed by atoms with van der Waals surface area (Å²) in [6.07, 6.45) is 2.30. The average molecular weight is 220 g/mol. The van der Waals surface area contributed by atoms with Crippen LogP contribution >= 0.6 is 0 Å². The zero-order valence-corrected chi connectivity index (χ0v) is 9.66. The van der Waals surface area contributed by atoms with Crippen molar-refractivity contribution >= 4 is 6.29 Å². The molecule has 3 nitrogen and oxygen atoms in total. The SMILES string of the molecule is CC(C)Oc1cc2c(cc1CC=O)OCC2. The molecule has 0 aliphatic carbocycles. The number of hydrogen-bond acceptors (Lipinski definition) is 3. The summed E-state index contributed by atoms with van der Waals surface area (Å²) in [5.74, 6) is 1.71. The van der Waals surface area contributed by atoms with Gasteiger partial charge < -0.3 is 14.3 Å². The summed E-state index contributed by atoms with van der Waals surface area (Å²) in [7, 11) is 0. The summed E-state index contributed by atoms with van der Waals surface area (Å²) in [6, 6.07) is 3.93. The molecular weight excluding hydrogens is 204 g/mol. The van der Waals surface area contributed by atoms with E-state index >= 15 is 0 Å². The highest BCUT2D eigenvalue weighted by Crippen LogP contribution is 2.33. The molecule has 1 aliphatic rings. The number of aldehydes is 1. The lowest BCUT2D eigenvalue weighted by atomic mass is 10.1. The number of rotatable bonds is 4. The molecule has 0 unspecified atom stereocenters. The van der Waals surface area contributed by atoms with Crippen LogP contribution in [0.4, 0.5) is 0 Å². The Hall–Kier alpha value is -1.51. The first kappa shape index (κ1) is 11.0. The van der Waals surface area contributed by atoms with Crippen LogP contribution in [0.1, 0.15) is 25.0 Å². The third-order valence-corrected chi connectivity index (χ3v) is 2.54. The third kappa shape index (κ3) is 2.18. The Morgan fingerprint density at radius 3 is 3.00 bits per heavy atom. The number of carbonyl (C=O) groups is 1. The van der Waals surface area contributed by atoms with Gasteiger partial charge in [0.2, 0.25) is 0 Å². The summed E-state index contributed by atoms with van der Waals surface area (Å²) in [6.45, 7) is 4.68. The van der Waals surface area contributed by atoms with Crippen molar-refractivity contribution in [3.05, 3.63) is 23.3 Å². The predicted octanol–water partition coefficient (Wildman–Crippen LogP) is 2.15. The molecule has 0 saturated heterocycles. The Balaban J connectivity index is 2.35. The van der Waals surface area contributed by atoms with Crippen LogP contribution in [0.25, 0.3) is 0 Å².